The molecule has 0 radical (unpaired) electrons. The molecule has 1 aromatic carbocycles. The number of hydrogen-bond acceptors (Lipinski definition) is 3. The molecule has 24 heavy (non-hydrogen) atoms. The highest BCUT2D eigenvalue weighted by molar-refractivity contribution is 5.78. The minimum atomic E-state index is 0.208. The van der Waals surface area contributed by atoms with Gasteiger partial charge in [0.05, 0.1) is 13.2 Å². The summed E-state index contributed by atoms with van der Waals surface area (Å²) in [6.45, 7) is 4.19. The van der Waals surface area contributed by atoms with Gasteiger partial charge in [-0.3, -0.25) is 9.59 Å². The van der Waals surface area contributed by atoms with Gasteiger partial charge in [-0.2, -0.15) is 0 Å². The lowest BCUT2D eigenvalue weighted by Gasteiger charge is -2.27. The first-order valence-corrected chi connectivity index (χ1v) is 8.89. The molecule has 2 fully saturated rings. The van der Waals surface area contributed by atoms with Gasteiger partial charge >= 0.3 is 0 Å². The summed E-state index contributed by atoms with van der Waals surface area (Å²) in [5.41, 5.74) is 1.20. The number of rotatable bonds is 5. The van der Waals surface area contributed by atoms with Gasteiger partial charge < -0.3 is 14.5 Å². The maximum absolute atomic E-state index is 12.4. The van der Waals surface area contributed by atoms with E-state index in [9.17, 15) is 9.59 Å². The minimum Gasteiger partial charge on any atom is -0.378 e. The highest BCUT2D eigenvalue weighted by Gasteiger charge is 2.29. The smallest absolute Gasteiger partial charge is 0.223 e. The zero-order valence-corrected chi connectivity index (χ0v) is 14.2. The van der Waals surface area contributed by atoms with Crippen molar-refractivity contribution in [2.75, 3.05) is 39.4 Å². The van der Waals surface area contributed by atoms with Crippen molar-refractivity contribution in [3.8, 4) is 0 Å². The van der Waals surface area contributed by atoms with Crippen LogP contribution in [0.3, 0.4) is 0 Å². The number of ether oxygens (including phenoxy) is 1. The molecule has 1 atom stereocenters. The Morgan fingerprint density at radius 1 is 1.00 bits per heavy atom. The molecule has 130 valence electrons. The van der Waals surface area contributed by atoms with Gasteiger partial charge in [-0.25, -0.2) is 0 Å². The molecule has 5 heteroatoms. The molecule has 0 aromatic heterocycles. The number of morpholine rings is 1. The summed E-state index contributed by atoms with van der Waals surface area (Å²) < 4.78 is 5.28. The molecule has 2 heterocycles. The average Bonchev–Trinajstić information content (AvgIpc) is 3.10. The van der Waals surface area contributed by atoms with Gasteiger partial charge in [0.1, 0.15) is 0 Å². The fourth-order valence-corrected chi connectivity index (χ4v) is 3.47. The Bertz CT molecular complexity index is 555. The number of nitrogens with zero attached hydrogens (tertiary/aromatic N) is 2. The molecule has 2 aliphatic heterocycles. The maximum atomic E-state index is 12.4. The maximum Gasteiger partial charge on any atom is 0.223 e. The van der Waals surface area contributed by atoms with Crippen LogP contribution in [-0.4, -0.2) is 61.0 Å². The van der Waals surface area contributed by atoms with E-state index in [2.05, 4.69) is 12.1 Å². The number of hydrogen-bond donors (Lipinski definition) is 0. The summed E-state index contributed by atoms with van der Waals surface area (Å²) >= 11 is 0. The van der Waals surface area contributed by atoms with Gasteiger partial charge in [-0.15, -0.1) is 0 Å². The molecule has 0 spiro atoms. The summed E-state index contributed by atoms with van der Waals surface area (Å²) in [6, 6.07) is 10.1. The summed E-state index contributed by atoms with van der Waals surface area (Å²) in [5, 5.41) is 0. The molecule has 1 unspecified atom stereocenters. The third-order valence-corrected chi connectivity index (χ3v) is 4.94. The van der Waals surface area contributed by atoms with Crippen LogP contribution in [-0.2, 0) is 20.7 Å². The van der Waals surface area contributed by atoms with Gasteiger partial charge in [0.15, 0.2) is 0 Å². The Balaban J connectivity index is 1.41. The van der Waals surface area contributed by atoms with Crippen LogP contribution in [0.2, 0.25) is 0 Å². The fourth-order valence-electron chi connectivity index (χ4n) is 3.47. The van der Waals surface area contributed by atoms with Crippen LogP contribution in [0.1, 0.15) is 24.8 Å². The first-order valence-electron chi connectivity index (χ1n) is 8.89. The van der Waals surface area contributed by atoms with Crippen LogP contribution in [0.25, 0.3) is 0 Å². The minimum absolute atomic E-state index is 0.208. The highest BCUT2D eigenvalue weighted by atomic mass is 16.5. The Morgan fingerprint density at radius 3 is 2.50 bits per heavy atom. The summed E-state index contributed by atoms with van der Waals surface area (Å²) in [7, 11) is 0. The summed E-state index contributed by atoms with van der Waals surface area (Å²) in [4.78, 5) is 28.5. The number of benzene rings is 1. The van der Waals surface area contributed by atoms with Crippen molar-refractivity contribution in [3.05, 3.63) is 35.9 Å². The van der Waals surface area contributed by atoms with E-state index in [4.69, 9.17) is 4.74 Å². The number of carbonyl (C=O) groups excluding carboxylic acids is 2. The molecule has 2 aliphatic rings. The van der Waals surface area contributed by atoms with Gasteiger partial charge in [0, 0.05) is 39.0 Å². The Labute approximate surface area is 143 Å². The van der Waals surface area contributed by atoms with Crippen molar-refractivity contribution < 1.29 is 14.3 Å². The van der Waals surface area contributed by atoms with E-state index in [1.54, 1.807) is 0 Å². The molecular formula is C19H26N2O3. The van der Waals surface area contributed by atoms with E-state index < -0.39 is 0 Å². The second kappa shape index (κ2) is 8.29. The first-order chi connectivity index (χ1) is 11.7. The Kier molecular flexibility index (Phi) is 5.86. The molecular weight excluding hydrogens is 304 g/mol. The average molecular weight is 330 g/mol. The monoisotopic (exact) mass is 330 g/mol. The molecule has 0 saturated carbocycles. The Morgan fingerprint density at radius 2 is 1.75 bits per heavy atom. The normalized spacial score (nSPS) is 21.1. The SMILES string of the molecule is O=C(CC1CCN(C(=O)CCc2ccccc2)C1)N1CCOCC1. The van der Waals surface area contributed by atoms with E-state index in [-0.39, 0.29) is 11.8 Å². The van der Waals surface area contributed by atoms with Crippen molar-refractivity contribution in [3.63, 3.8) is 0 Å². The third kappa shape index (κ3) is 4.57. The molecule has 0 aliphatic carbocycles. The van der Waals surface area contributed by atoms with Gasteiger partial charge in [0.25, 0.3) is 0 Å². The summed E-state index contributed by atoms with van der Waals surface area (Å²) in [6.07, 6.45) is 2.83. The molecule has 3 rings (SSSR count). The predicted molar refractivity (Wildman–Crippen MR) is 91.5 cm³/mol. The molecule has 0 N–H and O–H groups in total. The predicted octanol–water partition coefficient (Wildman–Crippen LogP) is 1.72. The van der Waals surface area contributed by atoms with Crippen LogP contribution in [0, 0.1) is 5.92 Å². The largest absolute Gasteiger partial charge is 0.378 e. The van der Waals surface area contributed by atoms with Gasteiger partial charge in [-0.05, 0) is 24.3 Å². The number of carbonyl (C=O) groups is 2. The van der Waals surface area contributed by atoms with Crippen LogP contribution < -0.4 is 0 Å². The van der Waals surface area contributed by atoms with E-state index in [1.807, 2.05) is 28.0 Å². The van der Waals surface area contributed by atoms with Crippen molar-refractivity contribution in [2.24, 2.45) is 5.92 Å². The number of amides is 2. The lowest BCUT2D eigenvalue weighted by atomic mass is 10.0. The van der Waals surface area contributed by atoms with E-state index in [0.717, 1.165) is 25.9 Å². The van der Waals surface area contributed by atoms with Crippen molar-refractivity contribution in [1.29, 1.82) is 0 Å². The third-order valence-electron chi connectivity index (χ3n) is 4.94. The summed E-state index contributed by atoms with van der Waals surface area (Å²) in [5.74, 6) is 0.725. The lowest BCUT2D eigenvalue weighted by molar-refractivity contribution is -0.136. The van der Waals surface area contributed by atoms with Crippen molar-refractivity contribution >= 4 is 11.8 Å². The first kappa shape index (κ1) is 17.0. The van der Waals surface area contributed by atoms with Gasteiger partial charge in [0.2, 0.25) is 11.8 Å². The van der Waals surface area contributed by atoms with Crippen LogP contribution in [0.15, 0.2) is 30.3 Å². The number of aryl methyl sites for hydroxylation is 1. The number of likely N-dealkylation sites (tertiary alicyclic amines) is 1. The highest BCUT2D eigenvalue weighted by Crippen LogP contribution is 2.22. The topological polar surface area (TPSA) is 49.9 Å². The second-order valence-electron chi connectivity index (χ2n) is 6.68. The van der Waals surface area contributed by atoms with E-state index in [1.165, 1.54) is 5.56 Å². The lowest BCUT2D eigenvalue weighted by Crippen LogP contribution is -2.41. The van der Waals surface area contributed by atoms with E-state index >= 15 is 0 Å². The van der Waals surface area contributed by atoms with Crippen LogP contribution >= 0.6 is 0 Å². The van der Waals surface area contributed by atoms with Crippen molar-refractivity contribution in [2.45, 2.75) is 25.7 Å². The molecule has 1 aromatic rings. The zero-order valence-electron chi connectivity index (χ0n) is 14.2. The van der Waals surface area contributed by atoms with Crippen molar-refractivity contribution in [1.82, 2.24) is 9.80 Å². The second-order valence-corrected chi connectivity index (χ2v) is 6.68. The standard InChI is InChI=1S/C19H26N2O3/c22-18(7-6-16-4-2-1-3-5-16)21-9-8-17(15-21)14-19(23)20-10-12-24-13-11-20/h1-5,17H,6-15H2. The Hall–Kier alpha value is -1.88. The zero-order chi connectivity index (χ0) is 16.8. The molecule has 5 nitrogen and oxygen atoms in total. The molecule has 0 bridgehead atoms. The molecule has 2 amide bonds. The quantitative estimate of drug-likeness (QED) is 0.826. The fraction of sp³-hybridized carbons (Fsp3) is 0.579. The van der Waals surface area contributed by atoms with Gasteiger partial charge in [-0.1, -0.05) is 30.3 Å². The van der Waals surface area contributed by atoms with Crippen LogP contribution in [0.4, 0.5) is 0 Å². The van der Waals surface area contributed by atoms with E-state index in [0.29, 0.717) is 45.1 Å². The van der Waals surface area contributed by atoms with Crippen LogP contribution in [0.5, 0.6) is 0 Å². The molecule has 2 saturated heterocycles.